The number of carbonyl (C=O) groups is 2. The Balaban J connectivity index is 1.58. The molecule has 0 bridgehead atoms. The molecule has 26 heavy (non-hydrogen) atoms. The number of ether oxygens (including phenoxy) is 1. The minimum Gasteiger partial charge on any atom is -0.378 e. The summed E-state index contributed by atoms with van der Waals surface area (Å²) in [6.07, 6.45) is 2.15. The van der Waals surface area contributed by atoms with E-state index < -0.39 is 0 Å². The van der Waals surface area contributed by atoms with Crippen LogP contribution in [0.15, 0.2) is 36.5 Å². The molecule has 3 N–H and O–H groups in total. The SMILES string of the molecule is CC(=O)NCCOCCNc1ncccc1-c1ccc2c(c1)CC(=O)N2. The van der Waals surface area contributed by atoms with Gasteiger partial charge in [-0.15, -0.1) is 0 Å². The molecule has 0 fully saturated rings. The van der Waals surface area contributed by atoms with E-state index in [0.29, 0.717) is 32.7 Å². The third-order valence-corrected chi connectivity index (χ3v) is 4.01. The Kier molecular flexibility index (Phi) is 5.80. The second kappa shape index (κ2) is 8.44. The van der Waals surface area contributed by atoms with E-state index in [2.05, 4.69) is 20.9 Å². The molecule has 1 aliphatic heterocycles. The molecule has 0 radical (unpaired) electrons. The van der Waals surface area contributed by atoms with Crippen LogP contribution in [0.3, 0.4) is 0 Å². The van der Waals surface area contributed by atoms with Gasteiger partial charge >= 0.3 is 0 Å². The van der Waals surface area contributed by atoms with Crippen LogP contribution < -0.4 is 16.0 Å². The molecule has 0 aliphatic carbocycles. The van der Waals surface area contributed by atoms with Crippen LogP contribution in [-0.4, -0.2) is 43.1 Å². The van der Waals surface area contributed by atoms with Crippen LogP contribution in [0.25, 0.3) is 11.1 Å². The molecule has 0 atom stereocenters. The Bertz CT molecular complexity index is 807. The predicted octanol–water partition coefficient (Wildman–Crippen LogP) is 1.81. The summed E-state index contributed by atoms with van der Waals surface area (Å²) >= 11 is 0. The second-order valence-electron chi connectivity index (χ2n) is 6.02. The van der Waals surface area contributed by atoms with Crippen LogP contribution in [0.5, 0.6) is 0 Å². The van der Waals surface area contributed by atoms with Crippen molar-refractivity contribution in [3.63, 3.8) is 0 Å². The molecular weight excluding hydrogens is 332 g/mol. The largest absolute Gasteiger partial charge is 0.378 e. The molecule has 2 amide bonds. The smallest absolute Gasteiger partial charge is 0.228 e. The summed E-state index contributed by atoms with van der Waals surface area (Å²) in [4.78, 5) is 26.7. The average molecular weight is 354 g/mol. The number of anilines is 2. The van der Waals surface area contributed by atoms with Crippen molar-refractivity contribution >= 4 is 23.3 Å². The van der Waals surface area contributed by atoms with Gasteiger partial charge in [-0.05, 0) is 35.4 Å². The van der Waals surface area contributed by atoms with Gasteiger partial charge in [-0.1, -0.05) is 6.07 Å². The molecule has 0 unspecified atom stereocenters. The normalized spacial score (nSPS) is 12.4. The molecule has 136 valence electrons. The molecule has 7 nitrogen and oxygen atoms in total. The fourth-order valence-corrected chi connectivity index (χ4v) is 2.82. The first-order valence-electron chi connectivity index (χ1n) is 8.57. The van der Waals surface area contributed by atoms with Gasteiger partial charge in [0.1, 0.15) is 5.82 Å². The highest BCUT2D eigenvalue weighted by atomic mass is 16.5. The maximum absolute atomic E-state index is 11.5. The van der Waals surface area contributed by atoms with E-state index in [-0.39, 0.29) is 11.8 Å². The van der Waals surface area contributed by atoms with Gasteiger partial charge in [0.25, 0.3) is 0 Å². The van der Waals surface area contributed by atoms with Gasteiger partial charge in [-0.25, -0.2) is 4.98 Å². The second-order valence-corrected chi connectivity index (χ2v) is 6.02. The number of nitrogens with one attached hydrogen (secondary N) is 3. The van der Waals surface area contributed by atoms with Crippen LogP contribution in [0.1, 0.15) is 12.5 Å². The Morgan fingerprint density at radius 2 is 2.12 bits per heavy atom. The van der Waals surface area contributed by atoms with Crippen molar-refractivity contribution in [3.8, 4) is 11.1 Å². The quantitative estimate of drug-likeness (QED) is 0.629. The van der Waals surface area contributed by atoms with E-state index in [1.807, 2.05) is 30.3 Å². The maximum atomic E-state index is 11.5. The fourth-order valence-electron chi connectivity index (χ4n) is 2.82. The topological polar surface area (TPSA) is 92.3 Å². The molecule has 1 aromatic heterocycles. The minimum absolute atomic E-state index is 0.0260. The zero-order chi connectivity index (χ0) is 18.4. The fraction of sp³-hybridized carbons (Fsp3) is 0.316. The van der Waals surface area contributed by atoms with E-state index in [1.165, 1.54) is 6.92 Å². The van der Waals surface area contributed by atoms with Gasteiger partial charge in [0, 0.05) is 37.5 Å². The highest BCUT2D eigenvalue weighted by molar-refractivity contribution is 5.99. The monoisotopic (exact) mass is 354 g/mol. The van der Waals surface area contributed by atoms with Crippen LogP contribution in [0.4, 0.5) is 11.5 Å². The lowest BCUT2D eigenvalue weighted by molar-refractivity contribution is -0.119. The van der Waals surface area contributed by atoms with Crippen molar-refractivity contribution in [2.45, 2.75) is 13.3 Å². The van der Waals surface area contributed by atoms with Crippen LogP contribution >= 0.6 is 0 Å². The Morgan fingerprint density at radius 3 is 2.96 bits per heavy atom. The lowest BCUT2D eigenvalue weighted by Gasteiger charge is -2.12. The van der Waals surface area contributed by atoms with E-state index in [1.54, 1.807) is 6.20 Å². The number of nitrogens with zero attached hydrogens (tertiary/aromatic N) is 1. The number of hydrogen-bond donors (Lipinski definition) is 3. The van der Waals surface area contributed by atoms with Gasteiger partial charge in [0.15, 0.2) is 0 Å². The first-order chi connectivity index (χ1) is 12.6. The lowest BCUT2D eigenvalue weighted by atomic mass is 10.0. The molecule has 2 heterocycles. The summed E-state index contributed by atoms with van der Waals surface area (Å²) < 4.78 is 5.47. The zero-order valence-electron chi connectivity index (χ0n) is 14.7. The van der Waals surface area contributed by atoms with Crippen LogP contribution in [0.2, 0.25) is 0 Å². The Morgan fingerprint density at radius 1 is 1.27 bits per heavy atom. The van der Waals surface area contributed by atoms with Crippen molar-refractivity contribution < 1.29 is 14.3 Å². The van der Waals surface area contributed by atoms with E-state index >= 15 is 0 Å². The number of amides is 2. The average Bonchev–Trinajstić information content (AvgIpc) is 3.00. The van der Waals surface area contributed by atoms with Crippen molar-refractivity contribution in [1.82, 2.24) is 10.3 Å². The lowest BCUT2D eigenvalue weighted by Crippen LogP contribution is -2.25. The molecule has 1 aliphatic rings. The molecule has 0 saturated heterocycles. The Hall–Kier alpha value is -2.93. The third kappa shape index (κ3) is 4.58. The molecule has 0 saturated carbocycles. The molecule has 2 aromatic rings. The number of carbonyl (C=O) groups excluding carboxylic acids is 2. The molecule has 7 heteroatoms. The summed E-state index contributed by atoms with van der Waals surface area (Å²) in [6, 6.07) is 9.83. The van der Waals surface area contributed by atoms with Gasteiger partial charge in [-0.3, -0.25) is 9.59 Å². The predicted molar refractivity (Wildman–Crippen MR) is 100.0 cm³/mol. The molecule has 3 rings (SSSR count). The number of fused-ring (bicyclic) bond motifs is 1. The summed E-state index contributed by atoms with van der Waals surface area (Å²) in [7, 11) is 0. The first kappa shape index (κ1) is 17.9. The minimum atomic E-state index is -0.0592. The van der Waals surface area contributed by atoms with Crippen molar-refractivity contribution in [3.05, 3.63) is 42.1 Å². The van der Waals surface area contributed by atoms with Crippen LogP contribution in [-0.2, 0) is 20.7 Å². The zero-order valence-corrected chi connectivity index (χ0v) is 14.7. The van der Waals surface area contributed by atoms with E-state index in [4.69, 9.17) is 4.74 Å². The van der Waals surface area contributed by atoms with Crippen LogP contribution in [0, 0.1) is 0 Å². The van der Waals surface area contributed by atoms with Crippen molar-refractivity contribution in [2.75, 3.05) is 36.9 Å². The number of hydrogen-bond acceptors (Lipinski definition) is 5. The summed E-state index contributed by atoms with van der Waals surface area (Å²) in [5.41, 5.74) is 3.88. The van der Waals surface area contributed by atoms with Gasteiger partial charge in [0.05, 0.1) is 19.6 Å². The standard InChI is InChI=1S/C19H22N4O3/c1-13(24)20-7-9-26-10-8-22-19-16(3-2-6-21-19)14-4-5-17-15(11-14)12-18(25)23-17/h2-6,11H,7-10,12H2,1H3,(H,20,24)(H,21,22)(H,23,25). The Labute approximate surface area is 152 Å². The molecule has 1 aromatic carbocycles. The first-order valence-corrected chi connectivity index (χ1v) is 8.57. The number of aromatic nitrogens is 1. The van der Waals surface area contributed by atoms with Gasteiger partial charge in [-0.2, -0.15) is 0 Å². The summed E-state index contributed by atoms with van der Waals surface area (Å²) in [5, 5.41) is 8.81. The maximum Gasteiger partial charge on any atom is 0.228 e. The summed E-state index contributed by atoms with van der Waals surface area (Å²) in [5.74, 6) is 0.740. The molecule has 0 spiro atoms. The van der Waals surface area contributed by atoms with Crippen molar-refractivity contribution in [2.24, 2.45) is 0 Å². The molecular formula is C19H22N4O3. The highest BCUT2D eigenvalue weighted by Crippen LogP contribution is 2.31. The summed E-state index contributed by atoms with van der Waals surface area (Å²) in [6.45, 7) is 3.58. The highest BCUT2D eigenvalue weighted by Gasteiger charge is 2.18. The van der Waals surface area contributed by atoms with Crippen molar-refractivity contribution in [1.29, 1.82) is 0 Å². The van der Waals surface area contributed by atoms with E-state index in [9.17, 15) is 9.59 Å². The third-order valence-electron chi connectivity index (χ3n) is 4.01. The number of benzene rings is 1. The van der Waals surface area contributed by atoms with Gasteiger partial charge in [0.2, 0.25) is 11.8 Å². The number of pyridine rings is 1. The van der Waals surface area contributed by atoms with Gasteiger partial charge < -0.3 is 20.7 Å². The number of rotatable bonds is 8. The van der Waals surface area contributed by atoms with E-state index in [0.717, 1.165) is 28.2 Å².